The summed E-state index contributed by atoms with van der Waals surface area (Å²) in [4.78, 5) is 24.5. The summed E-state index contributed by atoms with van der Waals surface area (Å²) < 4.78 is 12.8. The number of anilines is 1. The minimum atomic E-state index is -0.258. The fourth-order valence-corrected chi connectivity index (χ4v) is 4.92. The van der Waals surface area contributed by atoms with Crippen LogP contribution >= 0.6 is 11.3 Å². The Morgan fingerprint density at radius 1 is 1.12 bits per heavy atom. The van der Waals surface area contributed by atoms with Crippen LogP contribution < -0.4 is 9.64 Å². The molecule has 0 fully saturated rings. The molecule has 0 aliphatic rings. The number of aryl methyl sites for hydroxylation is 2. The van der Waals surface area contributed by atoms with Gasteiger partial charge in [-0.1, -0.05) is 41.7 Å². The standard InChI is InChI=1S/C26H23N3O3S/c1-4-31-20-9-5-8-19-13-21(32-23(19)20)25(30)29(15-18-7-6-12-27-14-18)26-28-22-16(2)10-11-17(3)24(22)33-26/h5-14H,4,15H2,1-3H3. The van der Waals surface area contributed by atoms with Crippen molar-refractivity contribution in [1.29, 1.82) is 0 Å². The monoisotopic (exact) mass is 457 g/mol. The van der Waals surface area contributed by atoms with Gasteiger partial charge in [-0.3, -0.25) is 14.7 Å². The number of rotatable bonds is 6. The summed E-state index contributed by atoms with van der Waals surface area (Å²) in [7, 11) is 0. The smallest absolute Gasteiger partial charge is 0.296 e. The van der Waals surface area contributed by atoms with Gasteiger partial charge in [0.25, 0.3) is 5.91 Å². The fraction of sp³-hybridized carbons (Fsp3) is 0.192. The Kier molecular flexibility index (Phi) is 5.56. The Morgan fingerprint density at radius 2 is 1.97 bits per heavy atom. The number of ether oxygens (including phenoxy) is 1. The summed E-state index contributed by atoms with van der Waals surface area (Å²) >= 11 is 1.51. The molecule has 0 aliphatic carbocycles. The zero-order valence-corrected chi connectivity index (χ0v) is 19.5. The third-order valence-corrected chi connectivity index (χ3v) is 6.70. The maximum atomic E-state index is 13.8. The minimum Gasteiger partial charge on any atom is -0.490 e. The molecule has 5 aromatic rings. The van der Waals surface area contributed by atoms with Crippen LogP contribution in [0.1, 0.15) is 34.2 Å². The van der Waals surface area contributed by atoms with Crippen molar-refractivity contribution in [2.75, 3.05) is 11.5 Å². The molecule has 166 valence electrons. The van der Waals surface area contributed by atoms with Crippen LogP contribution in [0, 0.1) is 13.8 Å². The van der Waals surface area contributed by atoms with E-state index in [0.717, 1.165) is 32.3 Å². The molecule has 6 nitrogen and oxygen atoms in total. The quantitative estimate of drug-likeness (QED) is 0.299. The van der Waals surface area contributed by atoms with E-state index in [9.17, 15) is 4.79 Å². The number of furan rings is 1. The molecule has 0 unspecified atom stereocenters. The van der Waals surface area contributed by atoms with Crippen LogP contribution in [0.3, 0.4) is 0 Å². The van der Waals surface area contributed by atoms with Gasteiger partial charge in [0.2, 0.25) is 0 Å². The molecule has 33 heavy (non-hydrogen) atoms. The normalized spacial score (nSPS) is 11.2. The first-order valence-electron chi connectivity index (χ1n) is 10.8. The maximum Gasteiger partial charge on any atom is 0.296 e. The Hall–Kier alpha value is -3.71. The van der Waals surface area contributed by atoms with Crippen molar-refractivity contribution in [2.24, 2.45) is 0 Å². The van der Waals surface area contributed by atoms with Crippen molar-refractivity contribution >= 4 is 43.6 Å². The highest BCUT2D eigenvalue weighted by molar-refractivity contribution is 7.22. The highest BCUT2D eigenvalue weighted by Gasteiger charge is 2.26. The lowest BCUT2D eigenvalue weighted by Gasteiger charge is -2.18. The van der Waals surface area contributed by atoms with Crippen LogP contribution in [-0.2, 0) is 6.54 Å². The van der Waals surface area contributed by atoms with Crippen LogP contribution in [0.2, 0.25) is 0 Å². The van der Waals surface area contributed by atoms with Crippen molar-refractivity contribution in [2.45, 2.75) is 27.3 Å². The van der Waals surface area contributed by atoms with Gasteiger partial charge in [0.05, 0.1) is 23.4 Å². The third-order valence-electron chi connectivity index (χ3n) is 5.49. The zero-order valence-electron chi connectivity index (χ0n) is 18.7. The van der Waals surface area contributed by atoms with Crippen LogP contribution in [-0.4, -0.2) is 22.5 Å². The minimum absolute atomic E-state index is 0.244. The molecule has 0 bridgehead atoms. The lowest BCUT2D eigenvalue weighted by molar-refractivity contribution is 0.0960. The molecule has 0 saturated heterocycles. The number of carbonyl (C=O) groups is 1. The number of fused-ring (bicyclic) bond motifs is 2. The first kappa shape index (κ1) is 21.2. The predicted octanol–water partition coefficient (Wildman–Crippen LogP) is 6.30. The Balaban J connectivity index is 1.61. The van der Waals surface area contributed by atoms with E-state index in [1.165, 1.54) is 11.3 Å². The molecule has 5 rings (SSSR count). The molecule has 3 aromatic heterocycles. The number of hydrogen-bond acceptors (Lipinski definition) is 6. The first-order chi connectivity index (χ1) is 16.0. The van der Waals surface area contributed by atoms with Gasteiger partial charge in [-0.2, -0.15) is 0 Å². The molecule has 0 atom stereocenters. The number of amides is 1. The number of para-hydroxylation sites is 1. The number of carbonyl (C=O) groups excluding carboxylic acids is 1. The van der Waals surface area contributed by atoms with Gasteiger partial charge in [0.1, 0.15) is 0 Å². The van der Waals surface area contributed by atoms with Crippen LogP contribution in [0.25, 0.3) is 21.2 Å². The highest BCUT2D eigenvalue weighted by atomic mass is 32.1. The van der Waals surface area contributed by atoms with Crippen molar-refractivity contribution < 1.29 is 13.9 Å². The second-order valence-electron chi connectivity index (χ2n) is 7.84. The van der Waals surface area contributed by atoms with Crippen molar-refractivity contribution in [3.05, 3.63) is 83.4 Å². The number of hydrogen-bond donors (Lipinski definition) is 0. The van der Waals surface area contributed by atoms with E-state index in [0.29, 0.717) is 29.6 Å². The van der Waals surface area contributed by atoms with Crippen molar-refractivity contribution in [3.8, 4) is 5.75 Å². The van der Waals surface area contributed by atoms with E-state index in [4.69, 9.17) is 14.1 Å². The van der Waals surface area contributed by atoms with E-state index in [2.05, 4.69) is 24.0 Å². The molecule has 0 N–H and O–H groups in total. The van der Waals surface area contributed by atoms with E-state index >= 15 is 0 Å². The van der Waals surface area contributed by atoms with Gasteiger partial charge in [-0.15, -0.1) is 0 Å². The van der Waals surface area contributed by atoms with Crippen molar-refractivity contribution in [3.63, 3.8) is 0 Å². The average Bonchev–Trinajstić information content (AvgIpc) is 3.47. The summed E-state index contributed by atoms with van der Waals surface area (Å²) in [6, 6.07) is 15.4. The Labute approximate surface area is 195 Å². The summed E-state index contributed by atoms with van der Waals surface area (Å²) in [5, 5.41) is 1.45. The molecular formula is C26H23N3O3S. The molecule has 1 amide bonds. The number of aromatic nitrogens is 2. The number of nitrogens with zero attached hydrogens (tertiary/aromatic N) is 3. The summed E-state index contributed by atoms with van der Waals surface area (Å²) in [6.45, 7) is 6.86. The fourth-order valence-electron chi connectivity index (χ4n) is 3.81. The molecule has 7 heteroatoms. The largest absolute Gasteiger partial charge is 0.490 e. The molecule has 0 spiro atoms. The van der Waals surface area contributed by atoms with Gasteiger partial charge in [-0.25, -0.2) is 4.98 Å². The van der Waals surface area contributed by atoms with E-state index in [1.807, 2.05) is 44.2 Å². The van der Waals surface area contributed by atoms with Crippen LogP contribution in [0.5, 0.6) is 5.75 Å². The lowest BCUT2D eigenvalue weighted by atomic mass is 10.1. The number of thiazole rings is 1. The lowest BCUT2D eigenvalue weighted by Crippen LogP contribution is -2.30. The average molecular weight is 458 g/mol. The second-order valence-corrected chi connectivity index (χ2v) is 8.82. The number of pyridine rings is 1. The maximum absolute atomic E-state index is 13.8. The molecule has 0 radical (unpaired) electrons. The van der Waals surface area contributed by atoms with Gasteiger partial charge >= 0.3 is 0 Å². The topological polar surface area (TPSA) is 68.5 Å². The predicted molar refractivity (Wildman–Crippen MR) is 131 cm³/mol. The zero-order chi connectivity index (χ0) is 22.9. The second kappa shape index (κ2) is 8.67. The van der Waals surface area contributed by atoms with Gasteiger partial charge in [-0.05, 0) is 55.7 Å². The molecule has 2 aromatic carbocycles. The van der Waals surface area contributed by atoms with Gasteiger partial charge in [0.15, 0.2) is 22.2 Å². The molecule has 0 aliphatic heterocycles. The molecule has 3 heterocycles. The third kappa shape index (κ3) is 3.96. The van der Waals surface area contributed by atoms with E-state index < -0.39 is 0 Å². The van der Waals surface area contributed by atoms with Gasteiger partial charge in [0, 0.05) is 17.8 Å². The number of benzene rings is 2. The van der Waals surface area contributed by atoms with Crippen LogP contribution in [0.4, 0.5) is 5.13 Å². The van der Waals surface area contributed by atoms with Crippen molar-refractivity contribution in [1.82, 2.24) is 9.97 Å². The first-order valence-corrected chi connectivity index (χ1v) is 11.6. The Morgan fingerprint density at radius 3 is 2.73 bits per heavy atom. The van der Waals surface area contributed by atoms with E-state index in [1.54, 1.807) is 23.4 Å². The highest BCUT2D eigenvalue weighted by Crippen LogP contribution is 2.35. The SMILES string of the molecule is CCOc1cccc2cc(C(=O)N(Cc3cccnc3)c3nc4c(C)ccc(C)c4s3)oc12. The van der Waals surface area contributed by atoms with E-state index in [-0.39, 0.29) is 11.7 Å². The Bertz CT molecular complexity index is 1420. The van der Waals surface area contributed by atoms with Crippen LogP contribution in [0.15, 0.2) is 65.3 Å². The summed E-state index contributed by atoms with van der Waals surface area (Å²) in [5.41, 5.74) is 4.61. The summed E-state index contributed by atoms with van der Waals surface area (Å²) in [5.74, 6) is 0.611. The molecular weight excluding hydrogens is 434 g/mol. The van der Waals surface area contributed by atoms with Gasteiger partial charge < -0.3 is 9.15 Å². The molecule has 0 saturated carbocycles. The summed E-state index contributed by atoms with van der Waals surface area (Å²) in [6.07, 6.45) is 3.48.